The number of carbonyl (C=O) groups is 1. The first kappa shape index (κ1) is 28.9. The summed E-state index contributed by atoms with van der Waals surface area (Å²) in [5, 5.41) is 0. The van der Waals surface area contributed by atoms with Gasteiger partial charge in [-0.3, -0.25) is 4.79 Å². The number of esters is 1. The van der Waals surface area contributed by atoms with Crippen LogP contribution in [0.5, 0.6) is 5.75 Å². The molecule has 0 spiro atoms. The number of quaternary nitrogens is 1. The maximum absolute atomic E-state index is 12.8. The summed E-state index contributed by atoms with van der Waals surface area (Å²) in [6, 6.07) is 18.7. The number of rotatable bonds is 17. The highest BCUT2D eigenvalue weighted by atomic mass is 16.6. The van der Waals surface area contributed by atoms with E-state index in [1.54, 1.807) is 0 Å². The number of nitrogens with zero attached hydrogens (tertiary/aromatic N) is 1. The number of hydrogen-bond acceptors (Lipinski definition) is 3. The Morgan fingerprint density at radius 2 is 1.54 bits per heavy atom. The second-order valence-electron chi connectivity index (χ2n) is 10.6. The Labute approximate surface area is 214 Å². The van der Waals surface area contributed by atoms with Crippen molar-refractivity contribution in [1.29, 1.82) is 0 Å². The Bertz CT molecular complexity index is 849. The number of ether oxygens (including phenoxy) is 2. The zero-order chi connectivity index (χ0) is 25.5. The van der Waals surface area contributed by atoms with Gasteiger partial charge in [-0.2, -0.15) is 0 Å². The summed E-state index contributed by atoms with van der Waals surface area (Å²) in [7, 11) is 4.32. The molecule has 0 saturated heterocycles. The maximum atomic E-state index is 12.8. The molecule has 0 radical (unpaired) electrons. The van der Waals surface area contributed by atoms with Gasteiger partial charge in [0.15, 0.2) is 0 Å². The van der Waals surface area contributed by atoms with Gasteiger partial charge < -0.3 is 14.0 Å². The molecule has 2 atom stereocenters. The molecule has 0 aliphatic carbocycles. The lowest BCUT2D eigenvalue weighted by atomic mass is 10.0. The van der Waals surface area contributed by atoms with E-state index in [0.717, 1.165) is 36.2 Å². The van der Waals surface area contributed by atoms with Crippen molar-refractivity contribution < 1.29 is 18.8 Å². The van der Waals surface area contributed by atoms with Crippen LogP contribution in [0.15, 0.2) is 54.6 Å². The number of para-hydroxylation sites is 1. The highest BCUT2D eigenvalue weighted by Gasteiger charge is 2.26. The molecule has 0 heterocycles. The number of benzene rings is 2. The lowest BCUT2D eigenvalue weighted by molar-refractivity contribution is -0.905. The molecule has 0 aliphatic heterocycles. The van der Waals surface area contributed by atoms with Crippen molar-refractivity contribution in [2.24, 2.45) is 5.92 Å². The number of carbonyl (C=O) groups excluding carboxylic acids is 1. The van der Waals surface area contributed by atoms with Crippen LogP contribution in [0, 0.1) is 5.92 Å². The second-order valence-corrected chi connectivity index (χ2v) is 10.6. The highest BCUT2D eigenvalue weighted by molar-refractivity contribution is 5.72. The summed E-state index contributed by atoms with van der Waals surface area (Å²) in [5.41, 5.74) is 2.53. The molecular weight excluding hydrogens is 434 g/mol. The van der Waals surface area contributed by atoms with Crippen molar-refractivity contribution >= 4 is 5.97 Å². The Kier molecular flexibility index (Phi) is 12.9. The van der Waals surface area contributed by atoms with Crippen LogP contribution >= 0.6 is 0 Å². The third-order valence-corrected chi connectivity index (χ3v) is 6.56. The molecule has 0 saturated carbocycles. The van der Waals surface area contributed by atoms with Crippen molar-refractivity contribution in [1.82, 2.24) is 0 Å². The van der Waals surface area contributed by atoms with E-state index in [2.05, 4.69) is 64.3 Å². The third kappa shape index (κ3) is 11.3. The lowest BCUT2D eigenvalue weighted by Crippen LogP contribution is -2.44. The van der Waals surface area contributed by atoms with Crippen molar-refractivity contribution in [3.05, 3.63) is 65.7 Å². The van der Waals surface area contributed by atoms with E-state index in [-0.39, 0.29) is 24.6 Å². The van der Waals surface area contributed by atoms with Crippen molar-refractivity contribution in [3.8, 4) is 5.75 Å². The van der Waals surface area contributed by atoms with E-state index in [1.165, 1.54) is 49.7 Å². The summed E-state index contributed by atoms with van der Waals surface area (Å²) >= 11 is 0. The minimum Gasteiger partial charge on any atom is -0.487 e. The van der Waals surface area contributed by atoms with Crippen LogP contribution in [-0.4, -0.2) is 43.8 Å². The Hall–Kier alpha value is -2.33. The van der Waals surface area contributed by atoms with Crippen LogP contribution in [0.2, 0.25) is 0 Å². The fraction of sp³-hybridized carbons (Fsp3) is 0.581. The summed E-state index contributed by atoms with van der Waals surface area (Å²) in [4.78, 5) is 12.8. The quantitative estimate of drug-likeness (QED) is 0.136. The average Bonchev–Trinajstić information content (AvgIpc) is 2.84. The van der Waals surface area contributed by atoms with Gasteiger partial charge in [0.25, 0.3) is 0 Å². The number of hydrogen-bond donors (Lipinski definition) is 0. The van der Waals surface area contributed by atoms with Crippen molar-refractivity contribution in [2.45, 2.75) is 84.8 Å². The molecule has 0 amide bonds. The SMILES string of the molecule is CCCCCCCCc1ccccc1OC(CC)COC(=O)C(C)C[N+](C)(C)Cc1ccccc1. The maximum Gasteiger partial charge on any atom is 0.314 e. The molecule has 4 heteroatoms. The van der Waals surface area contributed by atoms with Gasteiger partial charge in [-0.05, 0) is 37.8 Å². The zero-order valence-electron chi connectivity index (χ0n) is 22.8. The van der Waals surface area contributed by atoms with E-state index >= 15 is 0 Å². The topological polar surface area (TPSA) is 35.5 Å². The van der Waals surface area contributed by atoms with Gasteiger partial charge in [-0.25, -0.2) is 0 Å². The van der Waals surface area contributed by atoms with Crippen LogP contribution in [-0.2, 0) is 22.5 Å². The van der Waals surface area contributed by atoms with Crippen LogP contribution < -0.4 is 4.74 Å². The molecule has 0 fully saturated rings. The fourth-order valence-corrected chi connectivity index (χ4v) is 4.61. The van der Waals surface area contributed by atoms with Gasteiger partial charge in [0, 0.05) is 5.56 Å². The average molecular weight is 483 g/mol. The Morgan fingerprint density at radius 3 is 2.26 bits per heavy atom. The van der Waals surface area contributed by atoms with Gasteiger partial charge in [0.2, 0.25) is 0 Å². The molecule has 0 aromatic heterocycles. The molecule has 4 nitrogen and oxygen atoms in total. The summed E-state index contributed by atoms with van der Waals surface area (Å²) in [5.74, 6) is 0.607. The van der Waals surface area contributed by atoms with Gasteiger partial charge in [0.05, 0.1) is 20.6 Å². The predicted molar refractivity (Wildman–Crippen MR) is 145 cm³/mol. The number of aryl methyl sites for hydroxylation is 1. The minimum absolute atomic E-state index is 0.135. The van der Waals surface area contributed by atoms with Gasteiger partial charge >= 0.3 is 5.97 Å². The van der Waals surface area contributed by atoms with Crippen molar-refractivity contribution in [3.63, 3.8) is 0 Å². The molecule has 0 aliphatic rings. The first-order chi connectivity index (χ1) is 16.8. The van der Waals surface area contributed by atoms with Crippen molar-refractivity contribution in [2.75, 3.05) is 27.2 Å². The third-order valence-electron chi connectivity index (χ3n) is 6.56. The smallest absolute Gasteiger partial charge is 0.314 e. The second kappa shape index (κ2) is 15.6. The molecule has 2 rings (SSSR count). The molecule has 2 unspecified atom stereocenters. The first-order valence-corrected chi connectivity index (χ1v) is 13.6. The molecule has 0 N–H and O–H groups in total. The standard InChI is InChI=1S/C31H48NO3/c1-6-8-9-10-11-15-20-28-21-16-17-22-30(28)35-29(7-2)25-34-31(33)26(3)23-32(4,5)24-27-18-13-12-14-19-27/h12-14,16-19,21-22,26,29H,6-11,15,20,23-25H2,1-5H3/q+1. The highest BCUT2D eigenvalue weighted by Crippen LogP contribution is 2.23. The van der Waals surface area contributed by atoms with Crippen LogP contribution in [0.1, 0.15) is 76.8 Å². The van der Waals surface area contributed by atoms with Gasteiger partial charge in [-0.1, -0.05) is 94.5 Å². The van der Waals surface area contributed by atoms with Gasteiger partial charge in [-0.15, -0.1) is 0 Å². The lowest BCUT2D eigenvalue weighted by Gasteiger charge is -2.32. The van der Waals surface area contributed by atoms with Gasteiger partial charge in [0.1, 0.15) is 30.9 Å². The van der Waals surface area contributed by atoms with E-state index in [4.69, 9.17) is 9.47 Å². The van der Waals surface area contributed by atoms with Crippen LogP contribution in [0.25, 0.3) is 0 Å². The summed E-state index contributed by atoms with van der Waals surface area (Å²) in [6.45, 7) is 8.20. The molecule has 0 bridgehead atoms. The fourth-order valence-electron chi connectivity index (χ4n) is 4.61. The normalized spacial score (nSPS) is 13.3. The van der Waals surface area contributed by atoms with E-state index in [9.17, 15) is 4.79 Å². The van der Waals surface area contributed by atoms with Crippen LogP contribution in [0.3, 0.4) is 0 Å². The molecule has 35 heavy (non-hydrogen) atoms. The van der Waals surface area contributed by atoms with E-state index < -0.39 is 0 Å². The predicted octanol–water partition coefficient (Wildman–Crippen LogP) is 7.20. The minimum atomic E-state index is -0.175. The van der Waals surface area contributed by atoms with Crippen LogP contribution in [0.4, 0.5) is 0 Å². The Morgan fingerprint density at radius 1 is 0.886 bits per heavy atom. The molecule has 2 aromatic rings. The monoisotopic (exact) mass is 482 g/mol. The molecule has 2 aromatic carbocycles. The summed E-state index contributed by atoms with van der Waals surface area (Å²) < 4.78 is 12.8. The largest absolute Gasteiger partial charge is 0.487 e. The summed E-state index contributed by atoms with van der Waals surface area (Å²) in [6.07, 6.45) is 9.39. The molecule has 194 valence electrons. The van der Waals surface area contributed by atoms with E-state index in [1.807, 2.05) is 25.1 Å². The molecular formula is C31H48NO3+. The first-order valence-electron chi connectivity index (χ1n) is 13.6. The van der Waals surface area contributed by atoms with E-state index in [0.29, 0.717) is 0 Å². The Balaban J connectivity index is 1.82. The zero-order valence-corrected chi connectivity index (χ0v) is 22.8. The number of unbranched alkanes of at least 4 members (excludes halogenated alkanes) is 5.